The molecule has 1 aliphatic rings. The number of carbonyl (C=O) groups excluding carboxylic acids is 1. The van der Waals surface area contributed by atoms with Crippen LogP contribution >= 0.6 is 0 Å². The van der Waals surface area contributed by atoms with Gasteiger partial charge in [0, 0.05) is 19.4 Å². The van der Waals surface area contributed by atoms with Crippen molar-refractivity contribution in [1.29, 1.82) is 0 Å². The zero-order chi connectivity index (χ0) is 18.0. The van der Waals surface area contributed by atoms with Gasteiger partial charge in [-0.2, -0.15) is 0 Å². The lowest BCUT2D eigenvalue weighted by atomic mass is 9.81. The highest BCUT2D eigenvalue weighted by Gasteiger charge is 2.56. The summed E-state index contributed by atoms with van der Waals surface area (Å²) < 4.78 is 4.93. The summed E-state index contributed by atoms with van der Waals surface area (Å²) in [6.45, 7) is 0.229. The van der Waals surface area contributed by atoms with Gasteiger partial charge in [0.05, 0.1) is 0 Å². The van der Waals surface area contributed by atoms with E-state index in [-0.39, 0.29) is 25.9 Å². The van der Waals surface area contributed by atoms with Crippen LogP contribution in [0.25, 0.3) is 0 Å². The van der Waals surface area contributed by atoms with Crippen molar-refractivity contribution in [2.24, 2.45) is 5.92 Å². The van der Waals surface area contributed by atoms with Crippen LogP contribution in [0.3, 0.4) is 0 Å². The lowest BCUT2D eigenvalue weighted by molar-refractivity contribution is -0.182. The Morgan fingerprint density at radius 1 is 1.00 bits per heavy atom. The summed E-state index contributed by atoms with van der Waals surface area (Å²) in [7, 11) is 0. The highest BCUT2D eigenvalue weighted by Crippen LogP contribution is 2.37. The fourth-order valence-corrected chi connectivity index (χ4v) is 3.21. The van der Waals surface area contributed by atoms with Crippen LogP contribution in [0.2, 0.25) is 0 Å². The summed E-state index contributed by atoms with van der Waals surface area (Å²) in [5.41, 5.74) is -1.91. The Hall–Kier alpha value is -1.63. The number of carboxylic acid groups (broad SMARTS) is 2. The smallest absolute Gasteiger partial charge is 0.349 e. The van der Waals surface area contributed by atoms with E-state index in [2.05, 4.69) is 0 Å². The molecule has 0 spiro atoms. The summed E-state index contributed by atoms with van der Waals surface area (Å²) >= 11 is 0. The number of aliphatic carboxylic acids is 2. The van der Waals surface area contributed by atoms with Crippen molar-refractivity contribution in [2.45, 2.75) is 76.2 Å². The molecule has 1 saturated heterocycles. The Bertz CT molecular complexity index is 435. The lowest BCUT2D eigenvalue weighted by Gasteiger charge is -2.29. The van der Waals surface area contributed by atoms with Gasteiger partial charge in [0.25, 0.3) is 0 Å². The Labute approximate surface area is 142 Å². The van der Waals surface area contributed by atoms with Crippen molar-refractivity contribution >= 4 is 17.9 Å². The molecule has 1 heterocycles. The van der Waals surface area contributed by atoms with E-state index >= 15 is 0 Å². The second kappa shape index (κ2) is 10.3. The molecule has 7 heteroatoms. The van der Waals surface area contributed by atoms with Gasteiger partial charge in [-0.15, -0.1) is 0 Å². The van der Waals surface area contributed by atoms with Gasteiger partial charge in [0.2, 0.25) is 5.60 Å². The summed E-state index contributed by atoms with van der Waals surface area (Å²) in [5.74, 6) is -4.45. The zero-order valence-electron chi connectivity index (χ0n) is 14.0. The molecule has 0 aromatic rings. The number of unbranched alkanes of at least 4 members (excludes halogenated alkanes) is 7. The van der Waals surface area contributed by atoms with Crippen LogP contribution in [0.4, 0.5) is 0 Å². The van der Waals surface area contributed by atoms with Gasteiger partial charge in [0.15, 0.2) is 0 Å². The third-order valence-corrected chi connectivity index (χ3v) is 4.62. The molecule has 138 valence electrons. The monoisotopic (exact) mass is 344 g/mol. The molecule has 0 aromatic heterocycles. The van der Waals surface area contributed by atoms with Crippen LogP contribution in [0, 0.1) is 5.92 Å². The van der Waals surface area contributed by atoms with Crippen LogP contribution < -0.4 is 0 Å². The lowest BCUT2D eigenvalue weighted by Crippen LogP contribution is -2.49. The first-order valence-corrected chi connectivity index (χ1v) is 8.73. The number of rotatable bonds is 13. The molecule has 0 aliphatic carbocycles. The van der Waals surface area contributed by atoms with Crippen molar-refractivity contribution in [3.63, 3.8) is 0 Å². The van der Waals surface area contributed by atoms with Gasteiger partial charge >= 0.3 is 17.9 Å². The SMILES string of the molecule is O=C1CC[C@@](C(=O)O)([C@H](CCCCCCCCCCO)C(=O)O)O1. The first-order chi connectivity index (χ1) is 11.4. The molecule has 0 aromatic carbocycles. The number of hydrogen-bond acceptors (Lipinski definition) is 5. The summed E-state index contributed by atoms with van der Waals surface area (Å²) in [6.07, 6.45) is 7.50. The molecule has 1 fully saturated rings. The molecule has 24 heavy (non-hydrogen) atoms. The van der Waals surface area contributed by atoms with Crippen LogP contribution in [0.1, 0.15) is 70.6 Å². The molecular weight excluding hydrogens is 316 g/mol. The normalized spacial score (nSPS) is 21.5. The minimum absolute atomic E-state index is 0.0517. The highest BCUT2D eigenvalue weighted by molar-refractivity contribution is 5.90. The third kappa shape index (κ3) is 5.78. The molecular formula is C17H28O7. The zero-order valence-corrected chi connectivity index (χ0v) is 14.0. The fraction of sp³-hybridized carbons (Fsp3) is 0.824. The highest BCUT2D eigenvalue weighted by atomic mass is 16.6. The van der Waals surface area contributed by atoms with Crippen molar-refractivity contribution < 1.29 is 34.4 Å². The number of ether oxygens (including phenoxy) is 1. The summed E-state index contributed by atoms with van der Waals surface area (Å²) in [6, 6.07) is 0. The first kappa shape index (κ1) is 20.4. The summed E-state index contributed by atoms with van der Waals surface area (Å²) in [5, 5.41) is 27.4. The number of carboxylic acids is 2. The quantitative estimate of drug-likeness (QED) is 0.346. The molecule has 0 bridgehead atoms. The minimum atomic E-state index is -1.91. The molecule has 7 nitrogen and oxygen atoms in total. The number of cyclic esters (lactones) is 1. The topological polar surface area (TPSA) is 121 Å². The maximum Gasteiger partial charge on any atom is 0.349 e. The Morgan fingerprint density at radius 2 is 1.54 bits per heavy atom. The van der Waals surface area contributed by atoms with Crippen LogP contribution in [0.15, 0.2) is 0 Å². The average Bonchev–Trinajstić information content (AvgIpc) is 2.92. The predicted molar refractivity (Wildman–Crippen MR) is 85.5 cm³/mol. The second-order valence-corrected chi connectivity index (χ2v) is 6.40. The van der Waals surface area contributed by atoms with Crippen molar-refractivity contribution in [1.82, 2.24) is 0 Å². The van der Waals surface area contributed by atoms with E-state index in [9.17, 15) is 24.6 Å². The number of esters is 1. The summed E-state index contributed by atoms with van der Waals surface area (Å²) in [4.78, 5) is 34.3. The molecule has 3 N–H and O–H groups in total. The van der Waals surface area contributed by atoms with E-state index in [0.717, 1.165) is 44.9 Å². The Balaban J connectivity index is 2.37. The van der Waals surface area contributed by atoms with Gasteiger partial charge < -0.3 is 20.1 Å². The third-order valence-electron chi connectivity index (χ3n) is 4.62. The molecule has 1 rings (SSSR count). The van der Waals surface area contributed by atoms with Gasteiger partial charge in [0.1, 0.15) is 5.92 Å². The minimum Gasteiger partial charge on any atom is -0.481 e. The maximum absolute atomic E-state index is 11.5. The van der Waals surface area contributed by atoms with Crippen molar-refractivity contribution in [2.75, 3.05) is 6.61 Å². The molecule has 0 saturated carbocycles. The molecule has 2 atom stereocenters. The maximum atomic E-state index is 11.5. The van der Waals surface area contributed by atoms with E-state index in [1.807, 2.05) is 0 Å². The van der Waals surface area contributed by atoms with Gasteiger partial charge in [-0.1, -0.05) is 44.9 Å². The number of carbonyl (C=O) groups is 3. The van der Waals surface area contributed by atoms with Gasteiger partial charge in [-0.3, -0.25) is 9.59 Å². The van der Waals surface area contributed by atoms with Crippen molar-refractivity contribution in [3.05, 3.63) is 0 Å². The predicted octanol–water partition coefficient (Wildman–Crippen LogP) is 2.35. The standard InChI is InChI=1S/C17H28O7/c18-12-8-6-4-2-1-3-5-7-9-13(15(20)21)17(16(22)23)11-10-14(19)24-17/h13,18H,1-12H2,(H,20,21)(H,22,23)/t13-,17+/m1/s1. The van der Waals surface area contributed by atoms with E-state index < -0.39 is 29.4 Å². The van der Waals surface area contributed by atoms with Gasteiger partial charge in [-0.25, -0.2) is 4.79 Å². The first-order valence-electron chi connectivity index (χ1n) is 8.73. The molecule has 0 radical (unpaired) electrons. The Morgan fingerprint density at radius 3 is 1.96 bits per heavy atom. The number of aliphatic hydroxyl groups excluding tert-OH is 1. The van der Waals surface area contributed by atoms with E-state index in [1.165, 1.54) is 0 Å². The molecule has 1 aliphatic heterocycles. The Kier molecular flexibility index (Phi) is 8.74. The van der Waals surface area contributed by atoms with Crippen LogP contribution in [-0.4, -0.2) is 45.4 Å². The molecule has 0 amide bonds. The molecule has 0 unspecified atom stereocenters. The largest absolute Gasteiger partial charge is 0.481 e. The van der Waals surface area contributed by atoms with Crippen LogP contribution in [-0.2, 0) is 19.1 Å². The van der Waals surface area contributed by atoms with Gasteiger partial charge in [-0.05, 0) is 12.8 Å². The fourth-order valence-electron chi connectivity index (χ4n) is 3.21. The van der Waals surface area contributed by atoms with Crippen LogP contribution in [0.5, 0.6) is 0 Å². The van der Waals surface area contributed by atoms with E-state index in [0.29, 0.717) is 6.42 Å². The van der Waals surface area contributed by atoms with Crippen molar-refractivity contribution in [3.8, 4) is 0 Å². The number of aliphatic hydroxyl groups is 1. The van der Waals surface area contributed by atoms with E-state index in [1.54, 1.807) is 0 Å². The second-order valence-electron chi connectivity index (χ2n) is 6.40. The number of hydrogen-bond donors (Lipinski definition) is 3. The van der Waals surface area contributed by atoms with E-state index in [4.69, 9.17) is 9.84 Å². The average molecular weight is 344 g/mol.